The van der Waals surface area contributed by atoms with Gasteiger partial charge in [0.05, 0.1) is 5.69 Å². The smallest absolute Gasteiger partial charge is 0.159 e. The Morgan fingerprint density at radius 1 is 1.13 bits per heavy atom. The molecule has 0 aliphatic heterocycles. The summed E-state index contributed by atoms with van der Waals surface area (Å²) in [5, 5.41) is 16.7. The highest BCUT2D eigenvalue weighted by Crippen LogP contribution is 2.31. The SMILES string of the molecule is NC1(Cc2cn(Cc3nncn3-c3ccccc3)nn2)CCC1. The van der Waals surface area contributed by atoms with Crippen molar-refractivity contribution in [1.82, 2.24) is 29.8 Å². The Kier molecular flexibility index (Phi) is 3.42. The van der Waals surface area contributed by atoms with E-state index in [2.05, 4.69) is 20.5 Å². The number of nitrogens with two attached hydrogens (primary N) is 1. The van der Waals surface area contributed by atoms with Crippen LogP contribution in [0.15, 0.2) is 42.9 Å². The van der Waals surface area contributed by atoms with Crippen molar-refractivity contribution in [3.05, 3.63) is 54.4 Å². The summed E-state index contributed by atoms with van der Waals surface area (Å²) in [6.45, 7) is 0.527. The number of aromatic nitrogens is 6. The first-order valence-electron chi connectivity index (χ1n) is 7.84. The van der Waals surface area contributed by atoms with E-state index in [1.807, 2.05) is 41.1 Å². The van der Waals surface area contributed by atoms with Crippen LogP contribution in [0.3, 0.4) is 0 Å². The van der Waals surface area contributed by atoms with Crippen molar-refractivity contribution in [2.45, 2.75) is 37.8 Å². The second-order valence-electron chi connectivity index (χ2n) is 6.25. The maximum absolute atomic E-state index is 6.28. The van der Waals surface area contributed by atoms with E-state index in [-0.39, 0.29) is 5.54 Å². The zero-order valence-corrected chi connectivity index (χ0v) is 12.8. The van der Waals surface area contributed by atoms with Gasteiger partial charge < -0.3 is 5.73 Å². The fourth-order valence-corrected chi connectivity index (χ4v) is 2.98. The largest absolute Gasteiger partial charge is 0.325 e. The Labute approximate surface area is 134 Å². The van der Waals surface area contributed by atoms with Gasteiger partial charge in [-0.2, -0.15) is 0 Å². The van der Waals surface area contributed by atoms with Crippen LogP contribution in [-0.4, -0.2) is 35.3 Å². The van der Waals surface area contributed by atoms with Crippen LogP contribution in [-0.2, 0) is 13.0 Å². The molecule has 0 unspecified atom stereocenters. The predicted octanol–water partition coefficient (Wildman–Crippen LogP) is 1.33. The van der Waals surface area contributed by atoms with E-state index in [4.69, 9.17) is 5.73 Å². The van der Waals surface area contributed by atoms with Gasteiger partial charge in [0.15, 0.2) is 5.82 Å². The fourth-order valence-electron chi connectivity index (χ4n) is 2.98. The van der Waals surface area contributed by atoms with E-state index in [9.17, 15) is 0 Å². The quantitative estimate of drug-likeness (QED) is 0.768. The molecule has 2 heterocycles. The first kappa shape index (κ1) is 14.1. The first-order valence-corrected chi connectivity index (χ1v) is 7.84. The van der Waals surface area contributed by atoms with E-state index in [1.165, 1.54) is 6.42 Å². The van der Waals surface area contributed by atoms with Gasteiger partial charge in [-0.05, 0) is 31.4 Å². The van der Waals surface area contributed by atoms with Crippen molar-refractivity contribution in [3.63, 3.8) is 0 Å². The molecule has 0 spiro atoms. The maximum Gasteiger partial charge on any atom is 0.159 e. The summed E-state index contributed by atoms with van der Waals surface area (Å²) < 4.78 is 3.75. The van der Waals surface area contributed by atoms with Crippen molar-refractivity contribution in [2.75, 3.05) is 0 Å². The molecule has 1 saturated carbocycles. The highest BCUT2D eigenvalue weighted by molar-refractivity contribution is 5.32. The average Bonchev–Trinajstić information content (AvgIpc) is 3.17. The Morgan fingerprint density at radius 3 is 2.70 bits per heavy atom. The van der Waals surface area contributed by atoms with Gasteiger partial charge in [0, 0.05) is 23.8 Å². The van der Waals surface area contributed by atoms with Crippen molar-refractivity contribution in [1.29, 1.82) is 0 Å². The lowest BCUT2D eigenvalue weighted by molar-refractivity contribution is 0.245. The average molecular weight is 309 g/mol. The molecule has 0 radical (unpaired) electrons. The molecular weight excluding hydrogens is 290 g/mol. The van der Waals surface area contributed by atoms with E-state index in [1.54, 1.807) is 11.0 Å². The van der Waals surface area contributed by atoms with Gasteiger partial charge in [-0.1, -0.05) is 23.4 Å². The van der Waals surface area contributed by atoms with Gasteiger partial charge in [0.25, 0.3) is 0 Å². The molecule has 0 bridgehead atoms. The lowest BCUT2D eigenvalue weighted by Gasteiger charge is -2.37. The van der Waals surface area contributed by atoms with Crippen LogP contribution in [0.4, 0.5) is 0 Å². The van der Waals surface area contributed by atoms with Crippen LogP contribution >= 0.6 is 0 Å². The van der Waals surface area contributed by atoms with E-state index < -0.39 is 0 Å². The second-order valence-corrected chi connectivity index (χ2v) is 6.25. The molecule has 2 aromatic heterocycles. The molecule has 7 heteroatoms. The maximum atomic E-state index is 6.28. The predicted molar refractivity (Wildman–Crippen MR) is 85.0 cm³/mol. The zero-order chi connectivity index (χ0) is 15.7. The standard InChI is InChI=1S/C16H19N7/c17-16(7-4-8-16)9-13-10-22(21-19-13)11-15-20-18-12-23(15)14-5-2-1-3-6-14/h1-3,5-6,10,12H,4,7-9,11,17H2. The van der Waals surface area contributed by atoms with Gasteiger partial charge in [0.2, 0.25) is 0 Å². The Bertz CT molecular complexity index is 786. The number of benzene rings is 1. The fraction of sp³-hybridized carbons (Fsp3) is 0.375. The molecule has 1 fully saturated rings. The summed E-state index contributed by atoms with van der Waals surface area (Å²) in [4.78, 5) is 0. The van der Waals surface area contributed by atoms with Gasteiger partial charge in [-0.25, -0.2) is 4.68 Å². The minimum absolute atomic E-state index is 0.0784. The third-order valence-electron chi connectivity index (χ3n) is 4.42. The molecule has 0 saturated heterocycles. The summed E-state index contributed by atoms with van der Waals surface area (Å²) in [6.07, 6.45) is 7.82. The molecule has 118 valence electrons. The minimum atomic E-state index is -0.0784. The number of para-hydroxylation sites is 1. The molecule has 1 aliphatic rings. The molecule has 1 aromatic carbocycles. The number of rotatable bonds is 5. The monoisotopic (exact) mass is 309 g/mol. The molecule has 23 heavy (non-hydrogen) atoms. The van der Waals surface area contributed by atoms with Gasteiger partial charge >= 0.3 is 0 Å². The summed E-state index contributed by atoms with van der Waals surface area (Å²) >= 11 is 0. The molecule has 3 aromatic rings. The van der Waals surface area contributed by atoms with Crippen LogP contribution in [0.1, 0.15) is 30.8 Å². The van der Waals surface area contributed by atoms with Crippen molar-refractivity contribution < 1.29 is 0 Å². The second kappa shape index (κ2) is 5.58. The minimum Gasteiger partial charge on any atom is -0.325 e. The van der Waals surface area contributed by atoms with Crippen LogP contribution in [0.5, 0.6) is 0 Å². The lowest BCUT2D eigenvalue weighted by Crippen LogP contribution is -2.48. The zero-order valence-electron chi connectivity index (χ0n) is 12.8. The number of hydrogen-bond acceptors (Lipinski definition) is 5. The van der Waals surface area contributed by atoms with Crippen LogP contribution in [0, 0.1) is 0 Å². The summed E-state index contributed by atoms with van der Waals surface area (Å²) in [5.41, 5.74) is 8.17. The number of nitrogens with zero attached hydrogens (tertiary/aromatic N) is 6. The molecule has 4 rings (SSSR count). The lowest BCUT2D eigenvalue weighted by atomic mass is 9.75. The summed E-state index contributed by atoms with van der Waals surface area (Å²) in [7, 11) is 0. The van der Waals surface area contributed by atoms with Gasteiger partial charge in [-0.3, -0.25) is 4.57 Å². The van der Waals surface area contributed by atoms with Crippen molar-refractivity contribution in [2.24, 2.45) is 5.73 Å². The van der Waals surface area contributed by atoms with E-state index in [0.717, 1.165) is 36.5 Å². The molecule has 0 amide bonds. The Morgan fingerprint density at radius 2 is 1.96 bits per heavy atom. The van der Waals surface area contributed by atoms with E-state index in [0.29, 0.717) is 6.54 Å². The van der Waals surface area contributed by atoms with Crippen LogP contribution in [0.25, 0.3) is 5.69 Å². The molecule has 2 N–H and O–H groups in total. The molecule has 7 nitrogen and oxygen atoms in total. The molecule has 1 aliphatic carbocycles. The van der Waals surface area contributed by atoms with Crippen molar-refractivity contribution >= 4 is 0 Å². The first-order chi connectivity index (χ1) is 11.2. The van der Waals surface area contributed by atoms with Gasteiger partial charge in [0.1, 0.15) is 12.9 Å². The Hall–Kier alpha value is -2.54. The topological polar surface area (TPSA) is 87.4 Å². The highest BCUT2D eigenvalue weighted by atomic mass is 15.4. The molecule has 0 atom stereocenters. The van der Waals surface area contributed by atoms with Crippen LogP contribution < -0.4 is 5.73 Å². The van der Waals surface area contributed by atoms with E-state index >= 15 is 0 Å². The third-order valence-corrected chi connectivity index (χ3v) is 4.42. The summed E-state index contributed by atoms with van der Waals surface area (Å²) in [6, 6.07) is 10.0. The van der Waals surface area contributed by atoms with Crippen molar-refractivity contribution in [3.8, 4) is 5.69 Å². The highest BCUT2D eigenvalue weighted by Gasteiger charge is 2.33. The normalized spacial score (nSPS) is 16.2. The third kappa shape index (κ3) is 2.87. The van der Waals surface area contributed by atoms with Gasteiger partial charge in [-0.15, -0.1) is 15.3 Å². The summed E-state index contributed by atoms with van der Waals surface area (Å²) in [5.74, 6) is 0.818. The van der Waals surface area contributed by atoms with Crippen LogP contribution in [0.2, 0.25) is 0 Å². The number of hydrogen-bond donors (Lipinski definition) is 1. The Balaban J connectivity index is 1.51. The molecular formula is C16H19N7.